The minimum absolute atomic E-state index is 0.239. The number of benzene rings is 2. The summed E-state index contributed by atoms with van der Waals surface area (Å²) in [7, 11) is 1.92. The Kier molecular flexibility index (Phi) is 3.63. The van der Waals surface area contributed by atoms with Crippen LogP contribution in [-0.2, 0) is 0 Å². The Bertz CT molecular complexity index is 505. The van der Waals surface area contributed by atoms with Crippen LogP contribution in [0.15, 0.2) is 48.5 Å². The molecule has 2 rings (SSSR count). The summed E-state index contributed by atoms with van der Waals surface area (Å²) in [4.78, 5) is 1.96. The largest absolute Gasteiger partial charge is 0.389 e. The monoisotopic (exact) mass is 245 g/mol. The van der Waals surface area contributed by atoms with Crippen LogP contribution in [0.4, 0.5) is 15.8 Å². The molecule has 0 fully saturated rings. The molecule has 0 heterocycles. The van der Waals surface area contributed by atoms with Crippen LogP contribution < -0.4 is 4.90 Å². The third-order valence-corrected chi connectivity index (χ3v) is 2.98. The van der Waals surface area contributed by atoms with Gasteiger partial charge in [-0.25, -0.2) is 4.39 Å². The van der Waals surface area contributed by atoms with Crippen LogP contribution in [0, 0.1) is 5.82 Å². The SMILES string of the molecule is C[C@H](O)c1ccc(N(C)c2ccc(F)cc2)cc1. The van der Waals surface area contributed by atoms with Gasteiger partial charge in [0.05, 0.1) is 6.10 Å². The molecule has 0 saturated heterocycles. The fourth-order valence-electron chi connectivity index (χ4n) is 1.79. The maximum atomic E-state index is 12.8. The number of aliphatic hydroxyl groups excluding tert-OH is 1. The van der Waals surface area contributed by atoms with Crippen LogP contribution in [0.25, 0.3) is 0 Å². The van der Waals surface area contributed by atoms with E-state index in [0.717, 1.165) is 16.9 Å². The number of aliphatic hydroxyl groups is 1. The van der Waals surface area contributed by atoms with Crippen molar-refractivity contribution in [3.05, 3.63) is 59.9 Å². The summed E-state index contributed by atoms with van der Waals surface area (Å²) in [6.07, 6.45) is -0.463. The number of nitrogens with zero attached hydrogens (tertiary/aromatic N) is 1. The van der Waals surface area contributed by atoms with Gasteiger partial charge in [0.25, 0.3) is 0 Å². The molecule has 2 aromatic carbocycles. The molecule has 0 aliphatic carbocycles. The van der Waals surface area contributed by atoms with Crippen molar-refractivity contribution in [3.63, 3.8) is 0 Å². The quantitative estimate of drug-likeness (QED) is 0.892. The topological polar surface area (TPSA) is 23.5 Å². The molecular weight excluding hydrogens is 229 g/mol. The number of rotatable bonds is 3. The van der Waals surface area contributed by atoms with Crippen molar-refractivity contribution < 1.29 is 9.50 Å². The molecule has 0 bridgehead atoms. The standard InChI is InChI=1S/C15H16FNO/c1-11(18)12-3-7-14(8-4-12)17(2)15-9-5-13(16)6-10-15/h3-11,18H,1-2H3/t11-/m0/s1. The summed E-state index contributed by atoms with van der Waals surface area (Å²) in [5.41, 5.74) is 2.79. The number of hydrogen-bond acceptors (Lipinski definition) is 2. The summed E-state index contributed by atoms with van der Waals surface area (Å²) >= 11 is 0. The maximum Gasteiger partial charge on any atom is 0.123 e. The highest BCUT2D eigenvalue weighted by molar-refractivity contribution is 5.62. The van der Waals surface area contributed by atoms with Crippen LogP contribution in [-0.4, -0.2) is 12.2 Å². The van der Waals surface area contributed by atoms with Gasteiger partial charge in [-0.2, -0.15) is 0 Å². The Morgan fingerprint density at radius 3 is 1.83 bits per heavy atom. The van der Waals surface area contributed by atoms with E-state index in [-0.39, 0.29) is 5.82 Å². The lowest BCUT2D eigenvalue weighted by molar-refractivity contribution is 0.199. The number of hydrogen-bond donors (Lipinski definition) is 1. The molecule has 2 aromatic rings. The Balaban J connectivity index is 2.23. The van der Waals surface area contributed by atoms with Crippen LogP contribution in [0.1, 0.15) is 18.6 Å². The maximum absolute atomic E-state index is 12.8. The van der Waals surface area contributed by atoms with Crippen molar-refractivity contribution in [2.45, 2.75) is 13.0 Å². The van der Waals surface area contributed by atoms with Gasteiger partial charge in [-0.3, -0.25) is 0 Å². The summed E-state index contributed by atoms with van der Waals surface area (Å²) in [6, 6.07) is 14.0. The summed E-state index contributed by atoms with van der Waals surface area (Å²) < 4.78 is 12.8. The van der Waals surface area contributed by atoms with Gasteiger partial charge in [0.2, 0.25) is 0 Å². The smallest absolute Gasteiger partial charge is 0.123 e. The van der Waals surface area contributed by atoms with Gasteiger partial charge in [0, 0.05) is 18.4 Å². The van der Waals surface area contributed by atoms with Crippen LogP contribution >= 0.6 is 0 Å². The van der Waals surface area contributed by atoms with E-state index >= 15 is 0 Å². The Morgan fingerprint density at radius 2 is 1.39 bits per heavy atom. The number of halogens is 1. The minimum Gasteiger partial charge on any atom is -0.389 e. The first-order valence-corrected chi connectivity index (χ1v) is 5.85. The van der Waals surface area contributed by atoms with E-state index in [4.69, 9.17) is 0 Å². The Labute approximate surface area is 106 Å². The van der Waals surface area contributed by atoms with E-state index in [2.05, 4.69) is 0 Å². The average Bonchev–Trinajstić information content (AvgIpc) is 2.39. The zero-order valence-electron chi connectivity index (χ0n) is 10.5. The van der Waals surface area contributed by atoms with Crippen molar-refractivity contribution in [2.24, 2.45) is 0 Å². The molecule has 0 spiro atoms. The second-order valence-electron chi connectivity index (χ2n) is 4.30. The molecule has 0 unspecified atom stereocenters. The van der Waals surface area contributed by atoms with Crippen molar-refractivity contribution in [3.8, 4) is 0 Å². The average molecular weight is 245 g/mol. The van der Waals surface area contributed by atoms with Gasteiger partial charge in [-0.15, -0.1) is 0 Å². The van der Waals surface area contributed by atoms with Gasteiger partial charge >= 0.3 is 0 Å². The van der Waals surface area contributed by atoms with Gasteiger partial charge < -0.3 is 10.0 Å². The first-order valence-electron chi connectivity index (χ1n) is 5.85. The normalized spacial score (nSPS) is 12.2. The molecule has 0 aliphatic rings. The molecule has 18 heavy (non-hydrogen) atoms. The molecule has 0 aliphatic heterocycles. The van der Waals surface area contributed by atoms with Gasteiger partial charge in [0.1, 0.15) is 5.82 Å². The lowest BCUT2D eigenvalue weighted by Gasteiger charge is -2.20. The molecule has 2 nitrogen and oxygen atoms in total. The van der Waals surface area contributed by atoms with Crippen LogP contribution in [0.3, 0.4) is 0 Å². The molecule has 0 saturated carbocycles. The van der Waals surface area contributed by atoms with E-state index in [1.807, 2.05) is 36.2 Å². The summed E-state index contributed by atoms with van der Waals surface area (Å²) in [5.74, 6) is -0.239. The van der Waals surface area contributed by atoms with Crippen molar-refractivity contribution in [1.29, 1.82) is 0 Å². The van der Waals surface area contributed by atoms with E-state index in [9.17, 15) is 9.50 Å². The van der Waals surface area contributed by atoms with E-state index < -0.39 is 6.10 Å². The zero-order chi connectivity index (χ0) is 13.1. The second kappa shape index (κ2) is 5.19. The zero-order valence-corrected chi connectivity index (χ0v) is 10.5. The molecule has 0 aromatic heterocycles. The third-order valence-electron chi connectivity index (χ3n) is 2.98. The Morgan fingerprint density at radius 1 is 0.944 bits per heavy atom. The van der Waals surface area contributed by atoms with E-state index in [1.165, 1.54) is 12.1 Å². The highest BCUT2D eigenvalue weighted by atomic mass is 19.1. The minimum atomic E-state index is -0.463. The summed E-state index contributed by atoms with van der Waals surface area (Å²) in [5, 5.41) is 9.45. The van der Waals surface area contributed by atoms with Crippen molar-refractivity contribution in [2.75, 3.05) is 11.9 Å². The van der Waals surface area contributed by atoms with Gasteiger partial charge in [0.15, 0.2) is 0 Å². The number of anilines is 2. The first-order chi connectivity index (χ1) is 8.58. The summed E-state index contributed by atoms with van der Waals surface area (Å²) in [6.45, 7) is 1.73. The molecule has 1 atom stereocenters. The molecular formula is C15H16FNO. The third kappa shape index (κ3) is 2.68. The first kappa shape index (κ1) is 12.6. The van der Waals surface area contributed by atoms with Crippen LogP contribution in [0.2, 0.25) is 0 Å². The molecule has 0 radical (unpaired) electrons. The fourth-order valence-corrected chi connectivity index (χ4v) is 1.79. The van der Waals surface area contributed by atoms with E-state index in [0.29, 0.717) is 0 Å². The highest BCUT2D eigenvalue weighted by Crippen LogP contribution is 2.25. The second-order valence-corrected chi connectivity index (χ2v) is 4.30. The van der Waals surface area contributed by atoms with Crippen LogP contribution in [0.5, 0.6) is 0 Å². The van der Waals surface area contributed by atoms with E-state index in [1.54, 1.807) is 19.1 Å². The molecule has 3 heteroatoms. The van der Waals surface area contributed by atoms with Crippen molar-refractivity contribution in [1.82, 2.24) is 0 Å². The molecule has 94 valence electrons. The van der Waals surface area contributed by atoms with Crippen molar-refractivity contribution >= 4 is 11.4 Å². The fraction of sp³-hybridized carbons (Fsp3) is 0.200. The predicted molar refractivity (Wildman–Crippen MR) is 71.5 cm³/mol. The lowest BCUT2D eigenvalue weighted by atomic mass is 10.1. The van der Waals surface area contributed by atoms with Gasteiger partial charge in [-0.05, 0) is 48.9 Å². The Hall–Kier alpha value is -1.87. The molecule has 0 amide bonds. The molecule has 1 N–H and O–H groups in total. The van der Waals surface area contributed by atoms with Gasteiger partial charge in [-0.1, -0.05) is 12.1 Å². The predicted octanol–water partition coefficient (Wildman–Crippen LogP) is 3.65. The highest BCUT2D eigenvalue weighted by Gasteiger charge is 2.05. The lowest BCUT2D eigenvalue weighted by Crippen LogP contribution is -2.09.